The maximum atomic E-state index is 12.5. The fraction of sp³-hybridized carbons (Fsp3) is 0.227. The van der Waals surface area contributed by atoms with Gasteiger partial charge < -0.3 is 14.8 Å². The van der Waals surface area contributed by atoms with Gasteiger partial charge in [0.2, 0.25) is 5.13 Å². The smallest absolute Gasteiger partial charge is 0.263 e. The number of nitrogens with one attached hydrogen (secondary N) is 1. The minimum atomic E-state index is -0.285. The lowest BCUT2D eigenvalue weighted by Crippen LogP contribution is -2.21. The monoisotopic (exact) mass is 422 g/mol. The van der Waals surface area contributed by atoms with E-state index in [1.54, 1.807) is 30.0 Å². The van der Waals surface area contributed by atoms with Crippen LogP contribution in [0.5, 0.6) is 11.5 Å². The number of hydrogen-bond acceptors (Lipinski definition) is 6. The molecule has 0 unspecified atom stereocenters. The number of aryl methyl sites for hydroxylation is 3. The van der Waals surface area contributed by atoms with Gasteiger partial charge in [-0.2, -0.15) is 9.78 Å². The molecule has 4 aromatic rings. The van der Waals surface area contributed by atoms with E-state index in [0.717, 1.165) is 15.9 Å². The van der Waals surface area contributed by atoms with Gasteiger partial charge in [0.05, 0.1) is 23.0 Å². The number of amides is 1. The largest absolute Gasteiger partial charge is 0.497 e. The van der Waals surface area contributed by atoms with Gasteiger partial charge in [-0.15, -0.1) is 0 Å². The second-order valence-electron chi connectivity index (χ2n) is 7.00. The van der Waals surface area contributed by atoms with Crippen molar-refractivity contribution < 1.29 is 14.3 Å². The highest BCUT2D eigenvalue weighted by Crippen LogP contribution is 2.29. The van der Waals surface area contributed by atoms with Crippen LogP contribution in [-0.2, 0) is 4.79 Å². The minimum absolute atomic E-state index is 0.129. The summed E-state index contributed by atoms with van der Waals surface area (Å²) in [4.78, 5) is 17.2. The first kappa shape index (κ1) is 19.9. The zero-order valence-electron chi connectivity index (χ0n) is 17.2. The van der Waals surface area contributed by atoms with Gasteiger partial charge in [-0.3, -0.25) is 4.79 Å². The van der Waals surface area contributed by atoms with Crippen LogP contribution >= 0.6 is 11.3 Å². The lowest BCUT2D eigenvalue weighted by atomic mass is 10.1. The summed E-state index contributed by atoms with van der Waals surface area (Å²) in [5.41, 5.74) is 4.12. The summed E-state index contributed by atoms with van der Waals surface area (Å²) >= 11 is 1.54. The van der Waals surface area contributed by atoms with Crippen molar-refractivity contribution in [2.45, 2.75) is 20.8 Å². The number of aromatic nitrogens is 3. The van der Waals surface area contributed by atoms with Crippen molar-refractivity contribution in [1.29, 1.82) is 0 Å². The van der Waals surface area contributed by atoms with E-state index in [1.807, 2.05) is 19.1 Å². The number of benzene rings is 2. The van der Waals surface area contributed by atoms with Crippen LogP contribution in [0.4, 0.5) is 5.82 Å². The van der Waals surface area contributed by atoms with Gasteiger partial charge in [0.15, 0.2) is 6.61 Å². The van der Waals surface area contributed by atoms with Crippen molar-refractivity contribution in [1.82, 2.24) is 14.8 Å². The molecule has 30 heavy (non-hydrogen) atoms. The summed E-state index contributed by atoms with van der Waals surface area (Å²) in [6.07, 6.45) is 0. The first-order valence-corrected chi connectivity index (χ1v) is 10.3. The number of carbonyl (C=O) groups excluding carboxylic acids is 1. The van der Waals surface area contributed by atoms with Gasteiger partial charge in [0, 0.05) is 12.1 Å². The van der Waals surface area contributed by atoms with Gasteiger partial charge in [-0.25, -0.2) is 4.98 Å². The number of thiazole rings is 1. The number of rotatable bonds is 6. The molecule has 0 fully saturated rings. The average Bonchev–Trinajstić information content (AvgIpc) is 3.29. The van der Waals surface area contributed by atoms with Crippen molar-refractivity contribution in [2.24, 2.45) is 0 Å². The summed E-state index contributed by atoms with van der Waals surface area (Å²) in [5.74, 6) is 1.50. The molecule has 0 aliphatic heterocycles. The van der Waals surface area contributed by atoms with Gasteiger partial charge in [0.25, 0.3) is 5.91 Å². The Balaban J connectivity index is 1.52. The molecule has 4 rings (SSSR count). The standard InChI is InChI=1S/C22H22N4O3S/c1-13-8-18-19(9-14(13)2)30-22(23-18)26-20(10-15(3)25-26)24-21(27)12-29-17-7-5-6-16(11-17)28-4/h5-11H,12H2,1-4H3,(H,24,27). The molecule has 0 aliphatic rings. The first-order valence-electron chi connectivity index (χ1n) is 9.44. The van der Waals surface area contributed by atoms with Gasteiger partial charge >= 0.3 is 0 Å². The van der Waals surface area contributed by atoms with E-state index < -0.39 is 0 Å². The Morgan fingerprint density at radius 3 is 2.67 bits per heavy atom. The summed E-state index contributed by atoms with van der Waals surface area (Å²) in [6, 6.07) is 13.1. The highest BCUT2D eigenvalue weighted by atomic mass is 32.1. The normalized spacial score (nSPS) is 10.9. The predicted molar refractivity (Wildman–Crippen MR) is 118 cm³/mol. The second-order valence-corrected chi connectivity index (χ2v) is 8.01. The fourth-order valence-electron chi connectivity index (χ4n) is 3.01. The summed E-state index contributed by atoms with van der Waals surface area (Å²) in [6.45, 7) is 5.90. The van der Waals surface area contributed by atoms with E-state index in [-0.39, 0.29) is 12.5 Å². The number of fused-ring (bicyclic) bond motifs is 1. The first-order chi connectivity index (χ1) is 14.4. The van der Waals surface area contributed by atoms with Crippen molar-refractivity contribution in [3.63, 3.8) is 0 Å². The van der Waals surface area contributed by atoms with Crippen molar-refractivity contribution >= 4 is 33.3 Å². The topological polar surface area (TPSA) is 78.3 Å². The number of ether oxygens (including phenoxy) is 2. The summed E-state index contributed by atoms with van der Waals surface area (Å²) in [5, 5.41) is 8.08. The highest BCUT2D eigenvalue weighted by molar-refractivity contribution is 7.20. The molecule has 0 aliphatic carbocycles. The van der Waals surface area contributed by atoms with Crippen molar-refractivity contribution in [3.05, 3.63) is 59.3 Å². The Morgan fingerprint density at radius 2 is 1.87 bits per heavy atom. The Hall–Kier alpha value is -3.39. The maximum Gasteiger partial charge on any atom is 0.263 e. The lowest BCUT2D eigenvalue weighted by molar-refractivity contribution is -0.118. The quantitative estimate of drug-likeness (QED) is 0.497. The molecule has 1 N–H and O–H groups in total. The molecule has 0 saturated heterocycles. The maximum absolute atomic E-state index is 12.5. The highest BCUT2D eigenvalue weighted by Gasteiger charge is 2.15. The van der Waals surface area contributed by atoms with E-state index >= 15 is 0 Å². The molecule has 0 spiro atoms. The van der Waals surface area contributed by atoms with Crippen LogP contribution in [0.15, 0.2) is 42.5 Å². The zero-order valence-corrected chi connectivity index (χ0v) is 18.0. The number of carbonyl (C=O) groups is 1. The molecular weight excluding hydrogens is 400 g/mol. The van der Waals surface area contributed by atoms with Crippen LogP contribution in [0.1, 0.15) is 16.8 Å². The van der Waals surface area contributed by atoms with Crippen LogP contribution in [0.25, 0.3) is 15.3 Å². The fourth-order valence-corrected chi connectivity index (χ4v) is 4.02. The lowest BCUT2D eigenvalue weighted by Gasteiger charge is -2.09. The molecule has 2 heterocycles. The van der Waals surface area contributed by atoms with Gasteiger partial charge in [-0.1, -0.05) is 17.4 Å². The zero-order chi connectivity index (χ0) is 21.3. The molecule has 2 aromatic carbocycles. The average molecular weight is 423 g/mol. The molecule has 0 bridgehead atoms. The van der Waals surface area contributed by atoms with Crippen molar-refractivity contribution in [2.75, 3.05) is 19.0 Å². The minimum Gasteiger partial charge on any atom is -0.497 e. The molecule has 8 heteroatoms. The SMILES string of the molecule is COc1cccc(OCC(=O)Nc2cc(C)nn2-c2nc3cc(C)c(C)cc3s2)c1. The molecule has 0 atom stereocenters. The van der Waals surface area contributed by atoms with Crippen LogP contribution in [0.2, 0.25) is 0 Å². The third-order valence-electron chi connectivity index (χ3n) is 4.68. The third kappa shape index (κ3) is 4.13. The number of nitrogens with zero attached hydrogens (tertiary/aromatic N) is 3. The van der Waals surface area contributed by atoms with E-state index in [1.165, 1.54) is 22.5 Å². The molecule has 0 radical (unpaired) electrons. The van der Waals surface area contributed by atoms with E-state index in [0.29, 0.717) is 22.4 Å². The van der Waals surface area contributed by atoms with E-state index in [9.17, 15) is 4.79 Å². The Morgan fingerprint density at radius 1 is 1.10 bits per heavy atom. The number of anilines is 1. The number of hydrogen-bond donors (Lipinski definition) is 1. The second kappa shape index (κ2) is 8.16. The van der Waals surface area contributed by atoms with Crippen LogP contribution < -0.4 is 14.8 Å². The summed E-state index contributed by atoms with van der Waals surface area (Å²) in [7, 11) is 1.58. The van der Waals surface area contributed by atoms with E-state index in [4.69, 9.17) is 14.5 Å². The van der Waals surface area contributed by atoms with Gasteiger partial charge in [0.1, 0.15) is 17.3 Å². The van der Waals surface area contributed by atoms with Crippen LogP contribution in [0, 0.1) is 20.8 Å². The van der Waals surface area contributed by atoms with Gasteiger partial charge in [-0.05, 0) is 56.2 Å². The number of methoxy groups -OCH3 is 1. The Kier molecular flexibility index (Phi) is 5.41. The van der Waals surface area contributed by atoms with Crippen LogP contribution in [0.3, 0.4) is 0 Å². The van der Waals surface area contributed by atoms with Crippen molar-refractivity contribution in [3.8, 4) is 16.6 Å². The summed E-state index contributed by atoms with van der Waals surface area (Å²) < 4.78 is 13.5. The predicted octanol–water partition coefficient (Wildman–Crippen LogP) is 4.43. The Bertz CT molecular complexity index is 1190. The van der Waals surface area contributed by atoms with Crippen LogP contribution in [-0.4, -0.2) is 34.4 Å². The molecule has 0 saturated carbocycles. The third-order valence-corrected chi connectivity index (χ3v) is 5.68. The molecular formula is C22H22N4O3S. The van der Waals surface area contributed by atoms with E-state index in [2.05, 4.69) is 36.4 Å². The molecule has 154 valence electrons. The molecule has 7 nitrogen and oxygen atoms in total. The molecule has 1 amide bonds. The molecule has 2 aromatic heterocycles. The Labute approximate surface area is 178 Å².